The van der Waals surface area contributed by atoms with Crippen LogP contribution in [0.2, 0.25) is 0 Å². The fourth-order valence-electron chi connectivity index (χ4n) is 2.50. The summed E-state index contributed by atoms with van der Waals surface area (Å²) in [5.41, 5.74) is 0.893. The van der Waals surface area contributed by atoms with E-state index in [-0.39, 0.29) is 25.5 Å². The lowest BCUT2D eigenvalue weighted by Crippen LogP contribution is -2.35. The molecular weight excluding hydrogens is 318 g/mol. The molecule has 1 unspecified atom stereocenters. The Balaban J connectivity index is 2.20. The Morgan fingerprint density at radius 3 is 2.44 bits per heavy atom. The van der Waals surface area contributed by atoms with Gasteiger partial charge in [0.15, 0.2) is 0 Å². The minimum absolute atomic E-state index is 0.105. The van der Waals surface area contributed by atoms with Crippen molar-refractivity contribution in [3.63, 3.8) is 0 Å². The number of esters is 1. The third kappa shape index (κ3) is 9.87. The normalized spacial score (nSPS) is 11.8. The lowest BCUT2D eigenvalue weighted by Gasteiger charge is -2.14. The zero-order valence-electron chi connectivity index (χ0n) is 15.2. The number of hydrogen-bond donors (Lipinski definition) is 2. The van der Waals surface area contributed by atoms with Crippen molar-refractivity contribution in [1.29, 1.82) is 0 Å². The average molecular weight is 349 g/mol. The van der Waals surface area contributed by atoms with Crippen molar-refractivity contribution in [2.75, 3.05) is 13.2 Å². The molecule has 2 N–H and O–H groups in total. The Morgan fingerprint density at radius 1 is 1.08 bits per heavy atom. The third-order valence-corrected chi connectivity index (χ3v) is 4.08. The van der Waals surface area contributed by atoms with Gasteiger partial charge in [-0.25, -0.2) is 0 Å². The summed E-state index contributed by atoms with van der Waals surface area (Å²) in [4.78, 5) is 23.9. The molecule has 0 fully saturated rings. The van der Waals surface area contributed by atoms with E-state index in [9.17, 15) is 14.7 Å². The second-order valence-electron chi connectivity index (χ2n) is 6.29. The molecule has 0 aliphatic carbocycles. The molecule has 0 bridgehead atoms. The van der Waals surface area contributed by atoms with Gasteiger partial charge >= 0.3 is 5.97 Å². The first-order chi connectivity index (χ1) is 12.2. The highest BCUT2D eigenvalue weighted by molar-refractivity contribution is 5.83. The molecule has 5 heteroatoms. The standard InChI is InChI=1S/C20H31NO4/c1-2-3-4-5-6-10-13-21-20(24)18(15-22)14-19(23)25-16-17-11-8-7-9-12-17/h7-9,11-12,18,22H,2-6,10,13-16H2,1H3,(H,21,24). The fourth-order valence-corrected chi connectivity index (χ4v) is 2.50. The zero-order chi connectivity index (χ0) is 18.3. The van der Waals surface area contributed by atoms with Crippen LogP contribution in [0.5, 0.6) is 0 Å². The Hall–Kier alpha value is -1.88. The van der Waals surface area contributed by atoms with Gasteiger partial charge in [0.05, 0.1) is 18.9 Å². The first-order valence-corrected chi connectivity index (χ1v) is 9.25. The maximum absolute atomic E-state index is 12.0. The summed E-state index contributed by atoms with van der Waals surface area (Å²) in [7, 11) is 0. The predicted octanol–water partition coefficient (Wildman–Crippen LogP) is 3.21. The third-order valence-electron chi connectivity index (χ3n) is 4.08. The Bertz CT molecular complexity index is 490. The number of unbranched alkanes of at least 4 members (excludes halogenated alkanes) is 5. The lowest BCUT2D eigenvalue weighted by molar-refractivity contribution is -0.148. The highest BCUT2D eigenvalue weighted by Gasteiger charge is 2.21. The molecule has 1 amide bonds. The number of carbonyl (C=O) groups is 2. The molecule has 25 heavy (non-hydrogen) atoms. The van der Waals surface area contributed by atoms with E-state index in [1.807, 2.05) is 30.3 Å². The van der Waals surface area contributed by atoms with Crippen LogP contribution in [-0.2, 0) is 20.9 Å². The van der Waals surface area contributed by atoms with E-state index in [4.69, 9.17) is 4.74 Å². The first-order valence-electron chi connectivity index (χ1n) is 9.25. The first kappa shape index (κ1) is 21.2. The number of hydrogen-bond acceptors (Lipinski definition) is 4. The van der Waals surface area contributed by atoms with Gasteiger partial charge in [-0.05, 0) is 12.0 Å². The van der Waals surface area contributed by atoms with Crippen LogP contribution in [0, 0.1) is 5.92 Å². The number of ether oxygens (including phenoxy) is 1. The number of aliphatic hydroxyl groups is 1. The number of amides is 1. The van der Waals surface area contributed by atoms with Gasteiger partial charge in [-0.2, -0.15) is 0 Å². The molecule has 1 atom stereocenters. The van der Waals surface area contributed by atoms with Crippen molar-refractivity contribution >= 4 is 11.9 Å². The maximum atomic E-state index is 12.0. The second kappa shape index (κ2) is 13.4. The van der Waals surface area contributed by atoms with Crippen LogP contribution in [0.25, 0.3) is 0 Å². The minimum Gasteiger partial charge on any atom is -0.461 e. The van der Waals surface area contributed by atoms with Gasteiger partial charge in [-0.15, -0.1) is 0 Å². The van der Waals surface area contributed by atoms with Gasteiger partial charge in [-0.3, -0.25) is 9.59 Å². The molecule has 140 valence electrons. The van der Waals surface area contributed by atoms with E-state index in [1.165, 1.54) is 25.7 Å². The summed E-state index contributed by atoms with van der Waals surface area (Å²) < 4.78 is 5.16. The van der Waals surface area contributed by atoms with Crippen LogP contribution in [0.3, 0.4) is 0 Å². The Morgan fingerprint density at radius 2 is 1.76 bits per heavy atom. The Kier molecular flexibility index (Phi) is 11.4. The van der Waals surface area contributed by atoms with E-state index in [0.717, 1.165) is 18.4 Å². The van der Waals surface area contributed by atoms with Gasteiger partial charge in [0.25, 0.3) is 0 Å². The van der Waals surface area contributed by atoms with Crippen molar-refractivity contribution in [2.45, 2.75) is 58.5 Å². The lowest BCUT2D eigenvalue weighted by atomic mass is 10.1. The van der Waals surface area contributed by atoms with E-state index < -0.39 is 11.9 Å². The molecule has 0 heterocycles. The number of rotatable bonds is 13. The SMILES string of the molecule is CCCCCCCCNC(=O)C(CO)CC(=O)OCc1ccccc1. The van der Waals surface area contributed by atoms with Crippen molar-refractivity contribution in [3.05, 3.63) is 35.9 Å². The summed E-state index contributed by atoms with van der Waals surface area (Å²) in [5.74, 6) is -1.51. The molecular formula is C20H31NO4. The average Bonchev–Trinajstić information content (AvgIpc) is 2.64. The van der Waals surface area contributed by atoms with Crippen LogP contribution in [-0.4, -0.2) is 30.1 Å². The smallest absolute Gasteiger partial charge is 0.307 e. The van der Waals surface area contributed by atoms with E-state index in [2.05, 4.69) is 12.2 Å². The van der Waals surface area contributed by atoms with Crippen molar-refractivity contribution in [3.8, 4) is 0 Å². The van der Waals surface area contributed by atoms with Gasteiger partial charge in [0.2, 0.25) is 5.91 Å². The molecule has 1 rings (SSSR count). The summed E-state index contributed by atoms with van der Waals surface area (Å²) in [6, 6.07) is 9.36. The van der Waals surface area contributed by atoms with Crippen LogP contribution in [0.4, 0.5) is 0 Å². The largest absolute Gasteiger partial charge is 0.461 e. The molecule has 0 spiro atoms. The number of nitrogens with one attached hydrogen (secondary N) is 1. The molecule has 1 aromatic rings. The Labute approximate surface area is 150 Å². The number of aliphatic hydroxyl groups excluding tert-OH is 1. The van der Waals surface area contributed by atoms with E-state index in [1.54, 1.807) is 0 Å². The van der Waals surface area contributed by atoms with Crippen LogP contribution in [0.15, 0.2) is 30.3 Å². The van der Waals surface area contributed by atoms with Gasteiger partial charge in [-0.1, -0.05) is 69.4 Å². The van der Waals surface area contributed by atoms with Crippen LogP contribution < -0.4 is 5.32 Å². The number of benzene rings is 1. The molecule has 0 saturated heterocycles. The molecule has 0 saturated carbocycles. The summed E-state index contributed by atoms with van der Waals surface area (Å²) >= 11 is 0. The van der Waals surface area contributed by atoms with Crippen molar-refractivity contribution in [2.24, 2.45) is 5.92 Å². The quantitative estimate of drug-likeness (QED) is 0.423. The summed E-state index contributed by atoms with van der Waals surface area (Å²) in [6.45, 7) is 2.58. The van der Waals surface area contributed by atoms with Crippen LogP contribution >= 0.6 is 0 Å². The van der Waals surface area contributed by atoms with E-state index in [0.29, 0.717) is 6.54 Å². The second-order valence-corrected chi connectivity index (χ2v) is 6.29. The number of carbonyl (C=O) groups excluding carboxylic acids is 2. The van der Waals surface area contributed by atoms with E-state index >= 15 is 0 Å². The topological polar surface area (TPSA) is 75.6 Å². The zero-order valence-corrected chi connectivity index (χ0v) is 15.2. The van der Waals surface area contributed by atoms with Gasteiger partial charge in [0, 0.05) is 6.54 Å². The monoisotopic (exact) mass is 349 g/mol. The molecule has 0 aliphatic rings. The molecule has 0 radical (unpaired) electrons. The van der Waals surface area contributed by atoms with Crippen LogP contribution in [0.1, 0.15) is 57.4 Å². The molecule has 0 aromatic heterocycles. The highest BCUT2D eigenvalue weighted by atomic mass is 16.5. The van der Waals surface area contributed by atoms with Crippen molar-refractivity contribution < 1.29 is 19.4 Å². The fraction of sp³-hybridized carbons (Fsp3) is 0.600. The predicted molar refractivity (Wildman–Crippen MR) is 97.8 cm³/mol. The highest BCUT2D eigenvalue weighted by Crippen LogP contribution is 2.08. The minimum atomic E-state index is -0.747. The van der Waals surface area contributed by atoms with Crippen molar-refractivity contribution in [1.82, 2.24) is 5.32 Å². The van der Waals surface area contributed by atoms with Gasteiger partial charge in [0.1, 0.15) is 6.61 Å². The van der Waals surface area contributed by atoms with Gasteiger partial charge < -0.3 is 15.2 Å². The maximum Gasteiger partial charge on any atom is 0.307 e. The summed E-state index contributed by atoms with van der Waals surface area (Å²) in [5, 5.41) is 12.2. The summed E-state index contributed by atoms with van der Waals surface area (Å²) in [6.07, 6.45) is 6.79. The molecule has 0 aliphatic heterocycles. The molecule has 5 nitrogen and oxygen atoms in total. The molecule has 1 aromatic carbocycles.